The van der Waals surface area contributed by atoms with Gasteiger partial charge in [0.05, 0.1) is 24.6 Å². The van der Waals surface area contributed by atoms with Crippen molar-refractivity contribution in [3.05, 3.63) is 60.4 Å². The predicted octanol–water partition coefficient (Wildman–Crippen LogP) is 3.12. The quantitative estimate of drug-likeness (QED) is 0.414. The summed E-state index contributed by atoms with van der Waals surface area (Å²) in [6.07, 6.45) is 0.996. The van der Waals surface area contributed by atoms with E-state index in [0.717, 1.165) is 9.69 Å². The highest BCUT2D eigenvalue weighted by molar-refractivity contribution is 7.89. The number of methoxy groups -OCH3 is 1. The molecular formula is C28H33N3O7S. The lowest BCUT2D eigenvalue weighted by molar-refractivity contribution is -0.129. The summed E-state index contributed by atoms with van der Waals surface area (Å²) in [6.45, 7) is 3.61. The predicted molar refractivity (Wildman–Crippen MR) is 145 cm³/mol. The molecule has 0 bridgehead atoms. The second-order valence-corrected chi connectivity index (χ2v) is 11.9. The Balaban J connectivity index is 1.44. The fraction of sp³-hybridized carbons (Fsp3) is 0.393. The number of ether oxygens (including phenoxy) is 1. The van der Waals surface area contributed by atoms with Crippen LogP contribution in [0, 0.1) is 5.92 Å². The van der Waals surface area contributed by atoms with Crippen molar-refractivity contribution in [2.75, 3.05) is 20.2 Å². The summed E-state index contributed by atoms with van der Waals surface area (Å²) in [4.78, 5) is 39.3. The van der Waals surface area contributed by atoms with E-state index in [4.69, 9.17) is 9.15 Å². The summed E-state index contributed by atoms with van der Waals surface area (Å²) in [7, 11) is -2.50. The van der Waals surface area contributed by atoms with Gasteiger partial charge in [-0.1, -0.05) is 38.1 Å². The van der Waals surface area contributed by atoms with Crippen LogP contribution >= 0.6 is 0 Å². The van der Waals surface area contributed by atoms with E-state index in [0.29, 0.717) is 24.2 Å². The Morgan fingerprint density at radius 3 is 2.62 bits per heavy atom. The van der Waals surface area contributed by atoms with Gasteiger partial charge < -0.3 is 19.8 Å². The lowest BCUT2D eigenvalue weighted by Gasteiger charge is -2.23. The zero-order valence-corrected chi connectivity index (χ0v) is 23.0. The zero-order valence-electron chi connectivity index (χ0n) is 22.2. The van der Waals surface area contributed by atoms with Crippen LogP contribution in [0.2, 0.25) is 0 Å². The van der Waals surface area contributed by atoms with E-state index in [-0.39, 0.29) is 36.1 Å². The minimum atomic E-state index is -3.94. The Labute approximate surface area is 227 Å². The average molecular weight is 556 g/mol. The summed E-state index contributed by atoms with van der Waals surface area (Å²) < 4.78 is 38.3. The number of nitrogens with one attached hydrogen (secondary N) is 2. The number of hydrogen-bond donors (Lipinski definition) is 2. The number of carbonyl (C=O) groups excluding carboxylic acids is 3. The van der Waals surface area contributed by atoms with Gasteiger partial charge in [0, 0.05) is 18.0 Å². The van der Waals surface area contributed by atoms with Crippen molar-refractivity contribution in [3.8, 4) is 5.75 Å². The zero-order chi connectivity index (χ0) is 28.2. The molecular weight excluding hydrogens is 522 g/mol. The van der Waals surface area contributed by atoms with Gasteiger partial charge in [-0.05, 0) is 49.4 Å². The lowest BCUT2D eigenvalue weighted by atomic mass is 10.0. The molecule has 2 heterocycles. The standard InChI is InChI=1S/C28H33N3O7S/c1-18(2)14-23(30-28(34)26-15-19-8-4-5-12-25(19)38-26)27(33)29-22-11-7-13-31(17-24(22)32)39(35,36)21-10-6-9-20(16-21)37-3/h4-6,8-10,12,15-16,18,22-23H,7,11,13-14,17H2,1-3H3,(H,29,33)(H,30,34)/t22-,23-/m0/s1. The van der Waals surface area contributed by atoms with Gasteiger partial charge >= 0.3 is 0 Å². The number of furan rings is 1. The molecule has 1 aromatic heterocycles. The first-order chi connectivity index (χ1) is 18.6. The van der Waals surface area contributed by atoms with Gasteiger partial charge in [-0.3, -0.25) is 14.4 Å². The molecule has 2 atom stereocenters. The van der Waals surface area contributed by atoms with Gasteiger partial charge in [-0.15, -0.1) is 0 Å². The number of rotatable bonds is 9. The molecule has 1 saturated heterocycles. The summed E-state index contributed by atoms with van der Waals surface area (Å²) in [6, 6.07) is 13.1. The van der Waals surface area contributed by atoms with Crippen molar-refractivity contribution in [2.24, 2.45) is 5.92 Å². The second-order valence-electron chi connectivity index (χ2n) is 9.99. The molecule has 4 rings (SSSR count). The summed E-state index contributed by atoms with van der Waals surface area (Å²) in [5, 5.41) is 6.26. The van der Waals surface area contributed by atoms with Gasteiger partial charge in [0.1, 0.15) is 17.4 Å². The van der Waals surface area contributed by atoms with Gasteiger partial charge in [-0.25, -0.2) is 8.42 Å². The van der Waals surface area contributed by atoms with E-state index >= 15 is 0 Å². The fourth-order valence-electron chi connectivity index (χ4n) is 4.56. The molecule has 1 aliphatic heterocycles. The number of carbonyl (C=O) groups is 3. The third-order valence-electron chi connectivity index (χ3n) is 6.59. The van der Waals surface area contributed by atoms with E-state index in [2.05, 4.69) is 10.6 Å². The first-order valence-corrected chi connectivity index (χ1v) is 14.3. The monoisotopic (exact) mass is 555 g/mol. The molecule has 0 spiro atoms. The number of para-hydroxylation sites is 1. The molecule has 39 heavy (non-hydrogen) atoms. The highest BCUT2D eigenvalue weighted by Gasteiger charge is 2.34. The lowest BCUT2D eigenvalue weighted by Crippen LogP contribution is -2.52. The van der Waals surface area contributed by atoms with Crippen LogP contribution in [0.3, 0.4) is 0 Å². The van der Waals surface area contributed by atoms with E-state index in [9.17, 15) is 22.8 Å². The van der Waals surface area contributed by atoms with Crippen LogP contribution in [-0.4, -0.2) is 62.6 Å². The van der Waals surface area contributed by atoms with Crippen LogP contribution in [-0.2, 0) is 19.6 Å². The third-order valence-corrected chi connectivity index (χ3v) is 8.44. The number of sulfonamides is 1. The van der Waals surface area contributed by atoms with Gasteiger partial charge in [0.25, 0.3) is 5.91 Å². The molecule has 3 aromatic rings. The van der Waals surface area contributed by atoms with Crippen molar-refractivity contribution in [1.82, 2.24) is 14.9 Å². The third kappa shape index (κ3) is 6.66. The molecule has 0 aliphatic carbocycles. The average Bonchev–Trinajstić information content (AvgIpc) is 3.26. The number of amides is 2. The first-order valence-electron chi connectivity index (χ1n) is 12.8. The van der Waals surface area contributed by atoms with Crippen LogP contribution in [0.5, 0.6) is 5.75 Å². The van der Waals surface area contributed by atoms with E-state index < -0.39 is 39.7 Å². The number of fused-ring (bicyclic) bond motifs is 1. The number of hydrogen-bond acceptors (Lipinski definition) is 7. The fourth-order valence-corrected chi connectivity index (χ4v) is 6.04. The van der Waals surface area contributed by atoms with Crippen molar-refractivity contribution < 1.29 is 32.0 Å². The highest BCUT2D eigenvalue weighted by atomic mass is 32.2. The summed E-state index contributed by atoms with van der Waals surface area (Å²) in [5.41, 5.74) is 0.560. The molecule has 1 aliphatic rings. The Morgan fingerprint density at radius 1 is 1.13 bits per heavy atom. The number of Topliss-reactive ketones (excluding diaryl/α,β-unsaturated/α-hetero) is 1. The van der Waals surface area contributed by atoms with Gasteiger partial charge in [0.2, 0.25) is 15.9 Å². The topological polar surface area (TPSA) is 135 Å². The molecule has 2 aromatic carbocycles. The molecule has 11 heteroatoms. The van der Waals surface area contributed by atoms with E-state index in [1.807, 2.05) is 26.0 Å². The van der Waals surface area contributed by atoms with Crippen LogP contribution in [0.15, 0.2) is 63.9 Å². The largest absolute Gasteiger partial charge is 0.497 e. The Hall–Kier alpha value is -3.70. The van der Waals surface area contributed by atoms with Crippen LogP contribution < -0.4 is 15.4 Å². The normalized spacial score (nSPS) is 17.5. The van der Waals surface area contributed by atoms with Crippen molar-refractivity contribution in [2.45, 2.75) is 50.1 Å². The van der Waals surface area contributed by atoms with Crippen molar-refractivity contribution in [3.63, 3.8) is 0 Å². The second kappa shape index (κ2) is 12.0. The molecule has 0 radical (unpaired) electrons. The minimum Gasteiger partial charge on any atom is -0.497 e. The summed E-state index contributed by atoms with van der Waals surface area (Å²) in [5.74, 6) is -0.903. The Bertz CT molecular complexity index is 1430. The maximum atomic E-state index is 13.3. The molecule has 0 unspecified atom stereocenters. The molecule has 2 amide bonds. The number of nitrogens with zero attached hydrogens (tertiary/aromatic N) is 1. The van der Waals surface area contributed by atoms with Gasteiger partial charge in [-0.2, -0.15) is 4.31 Å². The van der Waals surface area contributed by atoms with E-state index in [1.165, 1.54) is 19.2 Å². The van der Waals surface area contributed by atoms with Gasteiger partial charge in [0.15, 0.2) is 11.5 Å². The minimum absolute atomic E-state index is 0.0300. The molecule has 1 fully saturated rings. The number of ketones is 1. The molecule has 2 N–H and O–H groups in total. The first kappa shape index (κ1) is 28.3. The summed E-state index contributed by atoms with van der Waals surface area (Å²) >= 11 is 0. The highest BCUT2D eigenvalue weighted by Crippen LogP contribution is 2.23. The van der Waals surface area contributed by atoms with Crippen molar-refractivity contribution in [1.29, 1.82) is 0 Å². The van der Waals surface area contributed by atoms with Crippen molar-refractivity contribution >= 4 is 38.6 Å². The SMILES string of the molecule is COc1cccc(S(=O)(=O)N2CCC[C@H](NC(=O)[C@H](CC(C)C)NC(=O)c3cc4ccccc4o3)C(=O)C2)c1. The van der Waals surface area contributed by atoms with Crippen LogP contribution in [0.4, 0.5) is 0 Å². The Morgan fingerprint density at radius 2 is 1.90 bits per heavy atom. The van der Waals surface area contributed by atoms with E-state index in [1.54, 1.807) is 30.3 Å². The van der Waals surface area contributed by atoms with Crippen LogP contribution in [0.1, 0.15) is 43.7 Å². The maximum Gasteiger partial charge on any atom is 0.287 e. The molecule has 208 valence electrons. The number of benzene rings is 2. The maximum absolute atomic E-state index is 13.3. The molecule has 10 nitrogen and oxygen atoms in total. The Kier molecular flexibility index (Phi) is 8.71. The molecule has 0 saturated carbocycles. The van der Waals surface area contributed by atoms with Crippen LogP contribution in [0.25, 0.3) is 11.0 Å². The smallest absolute Gasteiger partial charge is 0.287 e.